The smallest absolute Gasteiger partial charge is 0.182 e. The lowest BCUT2D eigenvalue weighted by Gasteiger charge is -2.33. The summed E-state index contributed by atoms with van der Waals surface area (Å²) in [5.41, 5.74) is 0.701. The highest BCUT2D eigenvalue weighted by molar-refractivity contribution is 5.90. The number of rotatable bonds is 8. The lowest BCUT2D eigenvalue weighted by atomic mass is 9.77. The van der Waals surface area contributed by atoms with Gasteiger partial charge in [-0.15, -0.1) is 0 Å². The molecule has 2 fully saturated rings. The molecule has 1 aliphatic carbocycles. The van der Waals surface area contributed by atoms with Crippen LogP contribution >= 0.6 is 0 Å². The zero-order valence-electron chi connectivity index (χ0n) is 17.1. The summed E-state index contributed by atoms with van der Waals surface area (Å²) in [5.74, 6) is -0.0607. The van der Waals surface area contributed by atoms with Crippen LogP contribution in [-0.4, -0.2) is 41.5 Å². The van der Waals surface area contributed by atoms with Crippen LogP contribution in [-0.2, 0) is 16.9 Å². The zero-order chi connectivity index (χ0) is 20.1. The van der Waals surface area contributed by atoms with Gasteiger partial charge in [0, 0.05) is 25.7 Å². The second-order valence-corrected chi connectivity index (χ2v) is 8.62. The molecule has 2 N–H and O–H groups in total. The van der Waals surface area contributed by atoms with E-state index in [0.717, 1.165) is 57.3 Å². The molecule has 1 heterocycles. The Morgan fingerprint density at radius 3 is 2.34 bits per heavy atom. The van der Waals surface area contributed by atoms with Gasteiger partial charge in [0.2, 0.25) is 0 Å². The first-order valence-corrected chi connectivity index (χ1v) is 11.0. The number of ketones is 1. The van der Waals surface area contributed by atoms with Crippen LogP contribution in [0.4, 0.5) is 0 Å². The third kappa shape index (κ3) is 4.61. The van der Waals surface area contributed by atoms with Crippen molar-refractivity contribution in [2.45, 2.75) is 50.3 Å². The topological polar surface area (TPSA) is 52.6 Å². The Labute approximate surface area is 173 Å². The van der Waals surface area contributed by atoms with Crippen molar-refractivity contribution in [3.63, 3.8) is 0 Å². The standard InChI is InChI=1S/C25H32N2O2/c28-24(25(29,22-13-7-8-14-22)21-11-5-2-6-12-21)17-26-23-15-16-27(19-23)18-20-9-3-1-4-10-20/h1-6,9-12,22-23,26,29H,7-8,13-19H2. The molecule has 4 heteroatoms. The maximum atomic E-state index is 13.3. The van der Waals surface area contributed by atoms with Crippen LogP contribution in [0.15, 0.2) is 60.7 Å². The van der Waals surface area contributed by atoms with Gasteiger partial charge in [0.25, 0.3) is 0 Å². The number of hydrogen-bond acceptors (Lipinski definition) is 4. The lowest BCUT2D eigenvalue weighted by Crippen LogP contribution is -2.48. The van der Waals surface area contributed by atoms with E-state index in [9.17, 15) is 9.90 Å². The van der Waals surface area contributed by atoms with E-state index < -0.39 is 5.60 Å². The zero-order valence-corrected chi connectivity index (χ0v) is 17.1. The molecule has 0 radical (unpaired) electrons. The maximum absolute atomic E-state index is 13.3. The second kappa shape index (κ2) is 9.21. The Morgan fingerprint density at radius 2 is 1.66 bits per heavy atom. The minimum Gasteiger partial charge on any atom is -0.377 e. The number of aliphatic hydroxyl groups is 1. The lowest BCUT2D eigenvalue weighted by molar-refractivity contribution is -0.144. The highest BCUT2D eigenvalue weighted by Gasteiger charge is 2.45. The molecule has 2 unspecified atom stereocenters. The van der Waals surface area contributed by atoms with E-state index in [-0.39, 0.29) is 18.2 Å². The summed E-state index contributed by atoms with van der Waals surface area (Å²) < 4.78 is 0. The number of Topliss-reactive ketones (excluding diaryl/α,β-unsaturated/α-hetero) is 1. The van der Waals surface area contributed by atoms with Gasteiger partial charge in [-0.1, -0.05) is 73.5 Å². The number of nitrogens with one attached hydrogen (secondary N) is 1. The molecule has 4 nitrogen and oxygen atoms in total. The molecular formula is C25H32N2O2. The van der Waals surface area contributed by atoms with Crippen LogP contribution in [0.1, 0.15) is 43.2 Å². The first kappa shape index (κ1) is 20.3. The second-order valence-electron chi connectivity index (χ2n) is 8.62. The van der Waals surface area contributed by atoms with Crippen molar-refractivity contribution in [3.8, 4) is 0 Å². The summed E-state index contributed by atoms with van der Waals surface area (Å²) in [6.07, 6.45) is 5.07. The molecule has 1 aliphatic heterocycles. The predicted molar refractivity (Wildman–Crippen MR) is 115 cm³/mol. The quantitative estimate of drug-likeness (QED) is 0.722. The third-order valence-corrected chi connectivity index (χ3v) is 6.66. The highest BCUT2D eigenvalue weighted by atomic mass is 16.3. The summed E-state index contributed by atoms with van der Waals surface area (Å²) in [6.45, 7) is 3.15. The maximum Gasteiger partial charge on any atom is 0.182 e. The van der Waals surface area contributed by atoms with Gasteiger partial charge in [-0.05, 0) is 36.3 Å². The first-order chi connectivity index (χ1) is 14.2. The molecule has 1 saturated carbocycles. The Balaban J connectivity index is 1.36. The molecule has 0 aromatic heterocycles. The number of carbonyl (C=O) groups excluding carboxylic acids is 1. The van der Waals surface area contributed by atoms with Crippen molar-refractivity contribution >= 4 is 5.78 Å². The summed E-state index contributed by atoms with van der Waals surface area (Å²) in [7, 11) is 0. The molecule has 4 rings (SSSR count). The predicted octanol–water partition coefficient (Wildman–Crippen LogP) is 3.50. The molecule has 0 amide bonds. The van der Waals surface area contributed by atoms with E-state index in [4.69, 9.17) is 0 Å². The number of carbonyl (C=O) groups is 1. The summed E-state index contributed by atoms with van der Waals surface area (Å²) in [4.78, 5) is 15.7. The average molecular weight is 393 g/mol. The van der Waals surface area contributed by atoms with Crippen molar-refractivity contribution < 1.29 is 9.90 Å². The van der Waals surface area contributed by atoms with Crippen molar-refractivity contribution in [2.24, 2.45) is 5.92 Å². The monoisotopic (exact) mass is 392 g/mol. The number of benzene rings is 2. The first-order valence-electron chi connectivity index (χ1n) is 11.0. The van der Waals surface area contributed by atoms with E-state index in [1.54, 1.807) is 0 Å². The number of nitrogens with zero attached hydrogens (tertiary/aromatic N) is 1. The molecular weight excluding hydrogens is 360 g/mol. The average Bonchev–Trinajstić information content (AvgIpc) is 3.45. The minimum atomic E-state index is -1.37. The largest absolute Gasteiger partial charge is 0.377 e. The van der Waals surface area contributed by atoms with Gasteiger partial charge in [-0.3, -0.25) is 9.69 Å². The molecule has 2 atom stereocenters. The Bertz CT molecular complexity index is 789. The van der Waals surface area contributed by atoms with Gasteiger partial charge in [0.1, 0.15) is 0 Å². The van der Waals surface area contributed by atoms with Crippen LogP contribution in [0, 0.1) is 5.92 Å². The fraction of sp³-hybridized carbons (Fsp3) is 0.480. The Kier molecular flexibility index (Phi) is 6.43. The minimum absolute atomic E-state index is 0.0253. The number of likely N-dealkylation sites (tertiary alicyclic amines) is 1. The van der Waals surface area contributed by atoms with E-state index in [2.05, 4.69) is 34.5 Å². The summed E-state index contributed by atoms with van der Waals surface area (Å²) >= 11 is 0. The molecule has 2 aromatic carbocycles. The van der Waals surface area contributed by atoms with Gasteiger partial charge in [0.05, 0.1) is 6.54 Å². The van der Waals surface area contributed by atoms with E-state index in [1.807, 2.05) is 36.4 Å². The molecule has 0 spiro atoms. The van der Waals surface area contributed by atoms with Gasteiger partial charge in [-0.2, -0.15) is 0 Å². The number of hydrogen-bond donors (Lipinski definition) is 2. The van der Waals surface area contributed by atoms with Crippen LogP contribution in [0.2, 0.25) is 0 Å². The fourth-order valence-corrected chi connectivity index (χ4v) is 5.02. The van der Waals surface area contributed by atoms with Gasteiger partial charge in [0.15, 0.2) is 11.4 Å². The van der Waals surface area contributed by atoms with Gasteiger partial charge in [-0.25, -0.2) is 0 Å². The highest BCUT2D eigenvalue weighted by Crippen LogP contribution is 2.41. The Morgan fingerprint density at radius 1 is 1.00 bits per heavy atom. The van der Waals surface area contributed by atoms with E-state index in [0.29, 0.717) is 6.04 Å². The van der Waals surface area contributed by atoms with Crippen molar-refractivity contribution in [2.75, 3.05) is 19.6 Å². The molecule has 1 saturated heterocycles. The van der Waals surface area contributed by atoms with E-state index in [1.165, 1.54) is 5.56 Å². The van der Waals surface area contributed by atoms with Crippen LogP contribution in [0.3, 0.4) is 0 Å². The van der Waals surface area contributed by atoms with Gasteiger partial charge < -0.3 is 10.4 Å². The molecule has 154 valence electrons. The van der Waals surface area contributed by atoms with Crippen molar-refractivity contribution in [3.05, 3.63) is 71.8 Å². The molecule has 29 heavy (non-hydrogen) atoms. The third-order valence-electron chi connectivity index (χ3n) is 6.66. The van der Waals surface area contributed by atoms with Crippen LogP contribution < -0.4 is 5.32 Å². The Hall–Kier alpha value is -2.01. The SMILES string of the molecule is O=C(CNC1CCN(Cc2ccccc2)C1)C(O)(c1ccccc1)C1CCCC1. The molecule has 2 aromatic rings. The normalized spacial score (nSPS) is 22.6. The van der Waals surface area contributed by atoms with E-state index >= 15 is 0 Å². The van der Waals surface area contributed by atoms with Crippen molar-refractivity contribution in [1.82, 2.24) is 10.2 Å². The summed E-state index contributed by atoms with van der Waals surface area (Å²) in [6, 6.07) is 20.4. The van der Waals surface area contributed by atoms with Crippen molar-refractivity contribution in [1.29, 1.82) is 0 Å². The summed E-state index contributed by atoms with van der Waals surface area (Å²) in [5, 5.41) is 15.0. The van der Waals surface area contributed by atoms with Crippen LogP contribution in [0.25, 0.3) is 0 Å². The van der Waals surface area contributed by atoms with Gasteiger partial charge >= 0.3 is 0 Å². The molecule has 2 aliphatic rings. The van der Waals surface area contributed by atoms with Crippen LogP contribution in [0.5, 0.6) is 0 Å². The molecule has 0 bridgehead atoms. The fourth-order valence-electron chi connectivity index (χ4n) is 5.02.